The molecule has 2 nitrogen and oxygen atoms in total. The zero-order valence-corrected chi connectivity index (χ0v) is 12.5. The van der Waals surface area contributed by atoms with Gasteiger partial charge in [0.05, 0.1) is 6.04 Å². The summed E-state index contributed by atoms with van der Waals surface area (Å²) >= 11 is 7.68. The van der Waals surface area contributed by atoms with E-state index in [0.717, 1.165) is 11.4 Å². The predicted octanol–water partition coefficient (Wildman–Crippen LogP) is 4.35. The van der Waals surface area contributed by atoms with E-state index in [1.807, 2.05) is 13.1 Å². The van der Waals surface area contributed by atoms with Crippen LogP contribution < -0.4 is 5.32 Å². The smallest absolute Gasteiger partial charge is 0.129 e. The van der Waals surface area contributed by atoms with Gasteiger partial charge in [0.25, 0.3) is 0 Å². The molecule has 0 spiro atoms. The van der Waals surface area contributed by atoms with Crippen LogP contribution in [0.2, 0.25) is 5.02 Å². The molecular weight excluding hydrogens is 283 g/mol. The van der Waals surface area contributed by atoms with Crippen LogP contribution in [0.15, 0.2) is 24.4 Å². The quantitative estimate of drug-likeness (QED) is 0.888. The van der Waals surface area contributed by atoms with Crippen molar-refractivity contribution in [1.29, 1.82) is 0 Å². The summed E-state index contributed by atoms with van der Waals surface area (Å²) in [6.45, 7) is 4.52. The van der Waals surface area contributed by atoms with Crippen LogP contribution in [0.4, 0.5) is 4.39 Å². The minimum absolute atomic E-state index is 0.0842. The standard InChI is InChI=1S/C14H16ClFN2S/c1-3-10-7-18-14(19-10)9(2)17-8-11-12(15)5-4-6-13(11)16/h4-7,9,17H,3,8H2,1-2H3. The molecule has 2 aromatic rings. The lowest BCUT2D eigenvalue weighted by Gasteiger charge is -2.12. The van der Waals surface area contributed by atoms with Gasteiger partial charge in [0.2, 0.25) is 0 Å². The normalized spacial score (nSPS) is 12.6. The Morgan fingerprint density at radius 3 is 2.89 bits per heavy atom. The zero-order chi connectivity index (χ0) is 13.8. The Bertz CT molecular complexity index is 536. The molecule has 1 unspecified atom stereocenters. The number of hydrogen-bond acceptors (Lipinski definition) is 3. The molecule has 0 radical (unpaired) electrons. The van der Waals surface area contributed by atoms with Gasteiger partial charge in [-0.1, -0.05) is 24.6 Å². The summed E-state index contributed by atoms with van der Waals surface area (Å²) in [5, 5.41) is 4.73. The average molecular weight is 299 g/mol. The molecule has 0 bridgehead atoms. The van der Waals surface area contributed by atoms with E-state index in [0.29, 0.717) is 17.1 Å². The van der Waals surface area contributed by atoms with Crippen molar-refractivity contribution >= 4 is 22.9 Å². The summed E-state index contributed by atoms with van der Waals surface area (Å²) in [6, 6.07) is 4.82. The number of halogens is 2. The third-order valence-corrected chi connectivity index (χ3v) is 4.62. The molecule has 0 aliphatic carbocycles. The van der Waals surface area contributed by atoms with Gasteiger partial charge in [-0.3, -0.25) is 0 Å². The maximum atomic E-state index is 13.6. The van der Waals surface area contributed by atoms with Crippen LogP contribution >= 0.6 is 22.9 Å². The van der Waals surface area contributed by atoms with E-state index in [9.17, 15) is 4.39 Å². The second kappa shape index (κ2) is 6.46. The SMILES string of the molecule is CCc1cnc(C(C)NCc2c(F)cccc2Cl)s1. The molecule has 102 valence electrons. The molecular formula is C14H16ClFN2S. The summed E-state index contributed by atoms with van der Waals surface area (Å²) in [6.07, 6.45) is 2.89. The Morgan fingerprint density at radius 2 is 2.26 bits per heavy atom. The second-order valence-electron chi connectivity index (χ2n) is 4.32. The second-order valence-corrected chi connectivity index (χ2v) is 5.88. The van der Waals surface area contributed by atoms with Crippen LogP contribution in [-0.4, -0.2) is 4.98 Å². The number of benzene rings is 1. The van der Waals surface area contributed by atoms with Crippen molar-refractivity contribution in [3.63, 3.8) is 0 Å². The van der Waals surface area contributed by atoms with Crippen LogP contribution in [0.1, 0.15) is 35.3 Å². The Labute approximate surface area is 121 Å². The lowest BCUT2D eigenvalue weighted by Crippen LogP contribution is -2.18. The van der Waals surface area contributed by atoms with E-state index in [2.05, 4.69) is 17.2 Å². The number of rotatable bonds is 5. The average Bonchev–Trinajstić information content (AvgIpc) is 2.86. The lowest BCUT2D eigenvalue weighted by molar-refractivity contribution is 0.543. The summed E-state index contributed by atoms with van der Waals surface area (Å²) in [4.78, 5) is 5.63. The molecule has 1 heterocycles. The van der Waals surface area contributed by atoms with Crippen LogP contribution in [0.25, 0.3) is 0 Å². The zero-order valence-electron chi connectivity index (χ0n) is 10.9. The highest BCUT2D eigenvalue weighted by Gasteiger charge is 2.12. The Balaban J connectivity index is 2.02. The number of thiazole rings is 1. The van der Waals surface area contributed by atoms with Crippen LogP contribution in [0, 0.1) is 5.82 Å². The van der Waals surface area contributed by atoms with Crippen molar-refractivity contribution < 1.29 is 4.39 Å². The van der Waals surface area contributed by atoms with Gasteiger partial charge in [0.15, 0.2) is 0 Å². The topological polar surface area (TPSA) is 24.9 Å². The summed E-state index contributed by atoms with van der Waals surface area (Å²) in [5.74, 6) is -0.277. The highest BCUT2D eigenvalue weighted by molar-refractivity contribution is 7.11. The predicted molar refractivity (Wildman–Crippen MR) is 78.2 cm³/mol. The summed E-state index contributed by atoms with van der Waals surface area (Å²) in [7, 11) is 0. The molecule has 1 atom stereocenters. The molecule has 0 amide bonds. The van der Waals surface area contributed by atoms with Crippen LogP contribution in [0.3, 0.4) is 0 Å². The number of aryl methyl sites for hydroxylation is 1. The van der Waals surface area contributed by atoms with Gasteiger partial charge in [0.1, 0.15) is 10.8 Å². The Morgan fingerprint density at radius 1 is 1.47 bits per heavy atom. The van der Waals surface area contributed by atoms with Gasteiger partial charge >= 0.3 is 0 Å². The Kier molecular flexibility index (Phi) is 4.91. The fraction of sp³-hybridized carbons (Fsp3) is 0.357. The van der Waals surface area contributed by atoms with E-state index >= 15 is 0 Å². The first kappa shape index (κ1) is 14.4. The van der Waals surface area contributed by atoms with Gasteiger partial charge in [-0.2, -0.15) is 0 Å². The molecule has 0 aliphatic rings. The van der Waals surface area contributed by atoms with Gasteiger partial charge in [-0.15, -0.1) is 11.3 Å². The van der Waals surface area contributed by atoms with Crippen LogP contribution in [0.5, 0.6) is 0 Å². The maximum Gasteiger partial charge on any atom is 0.129 e. The van der Waals surface area contributed by atoms with Gasteiger partial charge in [-0.05, 0) is 25.5 Å². The van der Waals surface area contributed by atoms with E-state index in [4.69, 9.17) is 11.6 Å². The van der Waals surface area contributed by atoms with Crippen molar-refractivity contribution in [3.05, 3.63) is 50.7 Å². The first-order valence-electron chi connectivity index (χ1n) is 6.22. The van der Waals surface area contributed by atoms with E-state index in [1.54, 1.807) is 23.5 Å². The lowest BCUT2D eigenvalue weighted by atomic mass is 10.2. The van der Waals surface area contributed by atoms with Crippen LogP contribution in [-0.2, 0) is 13.0 Å². The maximum absolute atomic E-state index is 13.6. The fourth-order valence-corrected chi connectivity index (χ4v) is 2.84. The highest BCUT2D eigenvalue weighted by Crippen LogP contribution is 2.23. The van der Waals surface area contributed by atoms with E-state index < -0.39 is 0 Å². The van der Waals surface area contributed by atoms with E-state index in [1.165, 1.54) is 10.9 Å². The largest absolute Gasteiger partial charge is 0.304 e. The molecule has 1 aromatic heterocycles. The van der Waals surface area contributed by atoms with Crippen molar-refractivity contribution in [2.75, 3.05) is 0 Å². The molecule has 0 saturated carbocycles. The number of nitrogens with one attached hydrogen (secondary N) is 1. The molecule has 1 aromatic carbocycles. The minimum atomic E-state index is -0.277. The molecule has 0 saturated heterocycles. The molecule has 2 rings (SSSR count). The van der Waals surface area contributed by atoms with E-state index in [-0.39, 0.29) is 11.9 Å². The first-order valence-corrected chi connectivity index (χ1v) is 7.42. The van der Waals surface area contributed by atoms with Gasteiger partial charge in [-0.25, -0.2) is 9.37 Å². The molecule has 0 aliphatic heterocycles. The summed E-state index contributed by atoms with van der Waals surface area (Å²) in [5.41, 5.74) is 0.503. The molecule has 0 fully saturated rings. The molecule has 1 N–H and O–H groups in total. The van der Waals surface area contributed by atoms with Gasteiger partial charge < -0.3 is 5.32 Å². The minimum Gasteiger partial charge on any atom is -0.304 e. The molecule has 5 heteroatoms. The number of aromatic nitrogens is 1. The molecule has 19 heavy (non-hydrogen) atoms. The summed E-state index contributed by atoms with van der Waals surface area (Å²) < 4.78 is 13.6. The first-order chi connectivity index (χ1) is 9.11. The third-order valence-electron chi connectivity index (χ3n) is 2.94. The highest BCUT2D eigenvalue weighted by atomic mass is 35.5. The number of nitrogens with zero attached hydrogens (tertiary/aromatic N) is 1. The van der Waals surface area contributed by atoms with Crippen molar-refractivity contribution in [1.82, 2.24) is 10.3 Å². The van der Waals surface area contributed by atoms with Crippen molar-refractivity contribution in [2.24, 2.45) is 0 Å². The van der Waals surface area contributed by atoms with Crippen molar-refractivity contribution in [2.45, 2.75) is 32.9 Å². The Hall–Kier alpha value is -0.970. The van der Waals surface area contributed by atoms with Gasteiger partial charge in [0, 0.05) is 28.2 Å². The third kappa shape index (κ3) is 3.53. The number of hydrogen-bond donors (Lipinski definition) is 1. The monoisotopic (exact) mass is 298 g/mol. The van der Waals surface area contributed by atoms with Crippen molar-refractivity contribution in [3.8, 4) is 0 Å². The fourth-order valence-electron chi connectivity index (χ4n) is 1.73.